The molecular formula is C12H15NO4. The van der Waals surface area contributed by atoms with Gasteiger partial charge in [-0.05, 0) is 18.2 Å². The number of amides is 1. The molecule has 0 saturated heterocycles. The third kappa shape index (κ3) is 3.48. The van der Waals surface area contributed by atoms with Gasteiger partial charge < -0.3 is 14.8 Å². The average Bonchev–Trinajstić information content (AvgIpc) is 2.35. The summed E-state index contributed by atoms with van der Waals surface area (Å²) in [6.07, 6.45) is 0. The Balaban J connectivity index is 2.81. The minimum atomic E-state index is -0.616. The number of Topliss-reactive ketones (excluding diaryl/α,β-unsaturated/α-hetero) is 1. The Hall–Kier alpha value is -2.04. The van der Waals surface area contributed by atoms with Crippen molar-refractivity contribution in [1.82, 2.24) is 5.32 Å². The molecule has 0 unspecified atom stereocenters. The van der Waals surface area contributed by atoms with Crippen LogP contribution >= 0.6 is 0 Å². The Morgan fingerprint density at radius 1 is 1.24 bits per heavy atom. The Kier molecular flexibility index (Phi) is 4.51. The van der Waals surface area contributed by atoms with Gasteiger partial charge in [-0.2, -0.15) is 0 Å². The quantitative estimate of drug-likeness (QED) is 0.773. The van der Waals surface area contributed by atoms with Crippen LogP contribution in [0.25, 0.3) is 0 Å². The molecule has 1 rings (SSSR count). The van der Waals surface area contributed by atoms with Gasteiger partial charge in [-0.3, -0.25) is 9.59 Å². The molecular weight excluding hydrogens is 222 g/mol. The van der Waals surface area contributed by atoms with E-state index in [9.17, 15) is 9.59 Å². The normalized spacial score (nSPS) is 9.59. The zero-order valence-corrected chi connectivity index (χ0v) is 10.1. The standard InChI is InChI=1S/C12H15NO4/c1-8(14)12(15)13-7-9-6-10(16-2)4-5-11(9)17-3/h4-6H,7H2,1-3H3,(H,13,15). The van der Waals surface area contributed by atoms with E-state index in [1.54, 1.807) is 25.3 Å². The van der Waals surface area contributed by atoms with E-state index in [4.69, 9.17) is 9.47 Å². The van der Waals surface area contributed by atoms with Gasteiger partial charge in [0.25, 0.3) is 5.91 Å². The van der Waals surface area contributed by atoms with Crippen LogP contribution < -0.4 is 14.8 Å². The van der Waals surface area contributed by atoms with Crippen molar-refractivity contribution in [3.63, 3.8) is 0 Å². The fourth-order valence-electron chi connectivity index (χ4n) is 1.32. The highest BCUT2D eigenvalue weighted by Gasteiger charge is 2.09. The van der Waals surface area contributed by atoms with Crippen LogP contribution in [-0.2, 0) is 16.1 Å². The summed E-state index contributed by atoms with van der Waals surface area (Å²) in [6, 6.07) is 5.25. The molecule has 5 nitrogen and oxygen atoms in total. The molecule has 1 aromatic carbocycles. The average molecular weight is 237 g/mol. The molecule has 0 saturated carbocycles. The van der Waals surface area contributed by atoms with E-state index in [-0.39, 0.29) is 6.54 Å². The van der Waals surface area contributed by atoms with E-state index in [0.717, 1.165) is 5.56 Å². The molecule has 1 amide bonds. The third-order valence-corrected chi connectivity index (χ3v) is 2.25. The molecule has 0 aliphatic heterocycles. The van der Waals surface area contributed by atoms with E-state index in [2.05, 4.69) is 5.32 Å². The molecule has 1 aromatic rings. The molecule has 0 fully saturated rings. The van der Waals surface area contributed by atoms with Crippen molar-refractivity contribution in [1.29, 1.82) is 0 Å². The van der Waals surface area contributed by atoms with E-state index < -0.39 is 11.7 Å². The van der Waals surface area contributed by atoms with Gasteiger partial charge in [0.1, 0.15) is 11.5 Å². The number of carbonyl (C=O) groups is 2. The van der Waals surface area contributed by atoms with Gasteiger partial charge in [0.2, 0.25) is 5.78 Å². The number of rotatable bonds is 5. The maximum Gasteiger partial charge on any atom is 0.287 e. The van der Waals surface area contributed by atoms with Crippen LogP contribution in [0.4, 0.5) is 0 Å². The molecule has 0 heterocycles. The summed E-state index contributed by atoms with van der Waals surface area (Å²) in [5, 5.41) is 2.50. The lowest BCUT2D eigenvalue weighted by molar-refractivity contribution is -0.136. The summed E-state index contributed by atoms with van der Waals surface area (Å²) >= 11 is 0. The number of hydrogen-bond donors (Lipinski definition) is 1. The first-order valence-electron chi connectivity index (χ1n) is 5.08. The van der Waals surface area contributed by atoms with Crippen molar-refractivity contribution in [2.24, 2.45) is 0 Å². The number of hydrogen-bond acceptors (Lipinski definition) is 4. The third-order valence-electron chi connectivity index (χ3n) is 2.25. The Bertz CT molecular complexity index is 429. The maximum atomic E-state index is 11.1. The first kappa shape index (κ1) is 13.0. The largest absolute Gasteiger partial charge is 0.497 e. The van der Waals surface area contributed by atoms with Gasteiger partial charge in [-0.15, -0.1) is 0 Å². The predicted molar refractivity (Wildman–Crippen MR) is 62.1 cm³/mol. The second-order valence-corrected chi connectivity index (χ2v) is 3.42. The van der Waals surface area contributed by atoms with E-state index in [0.29, 0.717) is 11.5 Å². The second kappa shape index (κ2) is 5.89. The summed E-state index contributed by atoms with van der Waals surface area (Å²) in [5.74, 6) is 0.161. The van der Waals surface area contributed by atoms with E-state index in [1.807, 2.05) is 0 Å². The van der Waals surface area contributed by atoms with Crippen LogP contribution in [0.5, 0.6) is 11.5 Å². The number of carbonyl (C=O) groups excluding carboxylic acids is 2. The first-order chi connectivity index (χ1) is 8.08. The Morgan fingerprint density at radius 2 is 1.94 bits per heavy atom. The molecule has 0 aliphatic rings. The minimum Gasteiger partial charge on any atom is -0.497 e. The van der Waals surface area contributed by atoms with Crippen molar-refractivity contribution in [2.75, 3.05) is 14.2 Å². The van der Waals surface area contributed by atoms with Gasteiger partial charge >= 0.3 is 0 Å². The lowest BCUT2D eigenvalue weighted by Crippen LogP contribution is -2.28. The predicted octanol–water partition coefficient (Wildman–Crippen LogP) is 0.909. The van der Waals surface area contributed by atoms with Crippen molar-refractivity contribution in [2.45, 2.75) is 13.5 Å². The van der Waals surface area contributed by atoms with Gasteiger partial charge in [-0.1, -0.05) is 0 Å². The number of benzene rings is 1. The van der Waals surface area contributed by atoms with Crippen molar-refractivity contribution in [3.05, 3.63) is 23.8 Å². The molecule has 92 valence electrons. The summed E-state index contributed by atoms with van der Waals surface area (Å²) in [6.45, 7) is 1.44. The molecule has 0 aliphatic carbocycles. The lowest BCUT2D eigenvalue weighted by Gasteiger charge is -2.10. The molecule has 0 atom stereocenters. The summed E-state index contributed by atoms with van der Waals surface area (Å²) < 4.78 is 10.2. The SMILES string of the molecule is COc1ccc(OC)c(CNC(=O)C(C)=O)c1. The highest BCUT2D eigenvalue weighted by atomic mass is 16.5. The van der Waals surface area contributed by atoms with Crippen LogP contribution in [0.1, 0.15) is 12.5 Å². The van der Waals surface area contributed by atoms with Gasteiger partial charge in [0.05, 0.1) is 14.2 Å². The van der Waals surface area contributed by atoms with Crippen molar-refractivity contribution >= 4 is 11.7 Å². The molecule has 1 N–H and O–H groups in total. The molecule has 5 heteroatoms. The lowest BCUT2D eigenvalue weighted by atomic mass is 10.2. The topological polar surface area (TPSA) is 64.6 Å². The maximum absolute atomic E-state index is 11.1. The first-order valence-corrected chi connectivity index (χ1v) is 5.08. The van der Waals surface area contributed by atoms with E-state index >= 15 is 0 Å². The summed E-state index contributed by atoms with van der Waals surface area (Å²) in [5.41, 5.74) is 0.751. The number of nitrogens with one attached hydrogen (secondary N) is 1. The molecule has 0 bridgehead atoms. The van der Waals surface area contributed by atoms with Gasteiger partial charge in [0, 0.05) is 19.0 Å². The van der Waals surface area contributed by atoms with Crippen LogP contribution in [0.3, 0.4) is 0 Å². The molecule has 0 spiro atoms. The van der Waals surface area contributed by atoms with Crippen molar-refractivity contribution in [3.8, 4) is 11.5 Å². The highest BCUT2D eigenvalue weighted by molar-refractivity contribution is 6.35. The van der Waals surface area contributed by atoms with Crippen LogP contribution in [0.2, 0.25) is 0 Å². The monoisotopic (exact) mass is 237 g/mol. The van der Waals surface area contributed by atoms with Gasteiger partial charge in [-0.25, -0.2) is 0 Å². The minimum absolute atomic E-state index is 0.221. The Labute approximate surface area is 99.7 Å². The number of ether oxygens (including phenoxy) is 2. The Morgan fingerprint density at radius 3 is 2.47 bits per heavy atom. The van der Waals surface area contributed by atoms with Crippen LogP contribution in [0, 0.1) is 0 Å². The molecule has 0 aromatic heterocycles. The number of methoxy groups -OCH3 is 2. The fraction of sp³-hybridized carbons (Fsp3) is 0.333. The molecule has 17 heavy (non-hydrogen) atoms. The van der Waals surface area contributed by atoms with Gasteiger partial charge in [0.15, 0.2) is 0 Å². The van der Waals surface area contributed by atoms with E-state index in [1.165, 1.54) is 14.0 Å². The zero-order chi connectivity index (χ0) is 12.8. The number of ketones is 1. The zero-order valence-electron chi connectivity index (χ0n) is 10.1. The van der Waals surface area contributed by atoms with Crippen LogP contribution in [0.15, 0.2) is 18.2 Å². The smallest absolute Gasteiger partial charge is 0.287 e. The summed E-state index contributed by atoms with van der Waals surface area (Å²) in [7, 11) is 3.10. The summed E-state index contributed by atoms with van der Waals surface area (Å²) in [4.78, 5) is 21.9. The van der Waals surface area contributed by atoms with Crippen LogP contribution in [-0.4, -0.2) is 25.9 Å². The second-order valence-electron chi connectivity index (χ2n) is 3.42. The van der Waals surface area contributed by atoms with Crippen molar-refractivity contribution < 1.29 is 19.1 Å². The fourth-order valence-corrected chi connectivity index (χ4v) is 1.32. The highest BCUT2D eigenvalue weighted by Crippen LogP contribution is 2.23. The molecule has 0 radical (unpaired) electrons.